The molecule has 0 aromatic carbocycles. The maximum absolute atomic E-state index is 12.3. The number of likely N-dealkylation sites (tertiary alicyclic amines) is 1. The third-order valence-corrected chi connectivity index (χ3v) is 3.14. The molecular formula is C13H26F3IN4O. The Bertz CT molecular complexity index is 329. The summed E-state index contributed by atoms with van der Waals surface area (Å²) in [6, 6.07) is 0.00701. The summed E-state index contributed by atoms with van der Waals surface area (Å²) in [6.45, 7) is 3.95. The highest BCUT2D eigenvalue weighted by Gasteiger charge is 2.34. The van der Waals surface area contributed by atoms with Gasteiger partial charge in [-0.15, -0.1) is 24.0 Å². The lowest BCUT2D eigenvalue weighted by Gasteiger charge is -2.19. The van der Waals surface area contributed by atoms with E-state index >= 15 is 0 Å². The van der Waals surface area contributed by atoms with Crippen LogP contribution in [-0.4, -0.2) is 69.5 Å². The SMILES string of the molecule is CCNC(=NCCCOC)NC1CCN(CC(F)(F)F)C1.I. The smallest absolute Gasteiger partial charge is 0.385 e. The Kier molecular flexibility index (Phi) is 11.1. The molecule has 22 heavy (non-hydrogen) atoms. The number of guanidine groups is 1. The van der Waals surface area contributed by atoms with Crippen molar-refractivity contribution in [1.82, 2.24) is 15.5 Å². The van der Waals surface area contributed by atoms with E-state index in [9.17, 15) is 13.2 Å². The van der Waals surface area contributed by atoms with E-state index in [0.29, 0.717) is 38.6 Å². The molecule has 2 N–H and O–H groups in total. The number of aliphatic imine (C=N–C) groups is 1. The molecular weight excluding hydrogens is 412 g/mol. The summed E-state index contributed by atoms with van der Waals surface area (Å²) < 4.78 is 42.0. The zero-order chi connectivity index (χ0) is 15.7. The van der Waals surface area contributed by atoms with Gasteiger partial charge in [-0.25, -0.2) is 0 Å². The number of nitrogens with zero attached hydrogens (tertiary/aromatic N) is 2. The Morgan fingerprint density at radius 2 is 2.14 bits per heavy atom. The van der Waals surface area contributed by atoms with Crippen molar-refractivity contribution in [2.75, 3.05) is 46.4 Å². The molecule has 1 fully saturated rings. The predicted molar refractivity (Wildman–Crippen MR) is 91.9 cm³/mol. The summed E-state index contributed by atoms with van der Waals surface area (Å²) in [4.78, 5) is 5.81. The fourth-order valence-electron chi connectivity index (χ4n) is 2.26. The van der Waals surface area contributed by atoms with Crippen LogP contribution in [0.5, 0.6) is 0 Å². The van der Waals surface area contributed by atoms with Crippen LogP contribution < -0.4 is 10.6 Å². The van der Waals surface area contributed by atoms with Crippen molar-refractivity contribution in [3.8, 4) is 0 Å². The van der Waals surface area contributed by atoms with Gasteiger partial charge in [0, 0.05) is 45.9 Å². The number of hydrogen-bond acceptors (Lipinski definition) is 3. The van der Waals surface area contributed by atoms with E-state index in [4.69, 9.17) is 4.74 Å². The van der Waals surface area contributed by atoms with Crippen LogP contribution in [0.3, 0.4) is 0 Å². The largest absolute Gasteiger partial charge is 0.401 e. The molecule has 1 atom stereocenters. The van der Waals surface area contributed by atoms with Crippen LogP contribution in [0.4, 0.5) is 13.2 Å². The van der Waals surface area contributed by atoms with Crippen LogP contribution >= 0.6 is 24.0 Å². The highest BCUT2D eigenvalue weighted by atomic mass is 127. The van der Waals surface area contributed by atoms with Crippen molar-refractivity contribution in [2.45, 2.75) is 32.0 Å². The van der Waals surface area contributed by atoms with Gasteiger partial charge >= 0.3 is 6.18 Å². The van der Waals surface area contributed by atoms with Crippen molar-refractivity contribution >= 4 is 29.9 Å². The van der Waals surface area contributed by atoms with Gasteiger partial charge in [-0.2, -0.15) is 13.2 Å². The number of hydrogen-bond donors (Lipinski definition) is 2. The topological polar surface area (TPSA) is 48.9 Å². The van der Waals surface area contributed by atoms with Gasteiger partial charge in [0.15, 0.2) is 5.96 Å². The van der Waals surface area contributed by atoms with Crippen LogP contribution in [0.1, 0.15) is 19.8 Å². The van der Waals surface area contributed by atoms with Crippen LogP contribution in [0.15, 0.2) is 4.99 Å². The fourth-order valence-corrected chi connectivity index (χ4v) is 2.26. The third kappa shape index (κ3) is 9.67. The molecule has 1 saturated heterocycles. The lowest BCUT2D eigenvalue weighted by atomic mass is 10.3. The normalized spacial score (nSPS) is 19.9. The first kappa shape index (κ1) is 21.7. The van der Waals surface area contributed by atoms with Crippen LogP contribution in [0.25, 0.3) is 0 Å². The number of alkyl halides is 3. The van der Waals surface area contributed by atoms with Gasteiger partial charge in [0.25, 0.3) is 0 Å². The molecule has 1 aliphatic rings. The molecule has 1 aliphatic heterocycles. The first-order chi connectivity index (χ1) is 9.94. The van der Waals surface area contributed by atoms with Crippen molar-refractivity contribution < 1.29 is 17.9 Å². The Morgan fingerprint density at radius 3 is 2.73 bits per heavy atom. The number of rotatable bonds is 7. The summed E-state index contributed by atoms with van der Waals surface area (Å²) in [7, 11) is 1.64. The van der Waals surface area contributed by atoms with E-state index in [1.807, 2.05) is 6.92 Å². The molecule has 9 heteroatoms. The number of ether oxygens (including phenoxy) is 1. The van der Waals surface area contributed by atoms with E-state index in [-0.39, 0.29) is 30.0 Å². The van der Waals surface area contributed by atoms with Crippen LogP contribution in [-0.2, 0) is 4.74 Å². The third-order valence-electron chi connectivity index (χ3n) is 3.14. The Labute approximate surface area is 147 Å². The zero-order valence-electron chi connectivity index (χ0n) is 13.1. The predicted octanol–water partition coefficient (Wildman–Crippen LogP) is 1.83. The molecule has 0 aromatic rings. The van der Waals surface area contributed by atoms with Gasteiger partial charge in [0.2, 0.25) is 0 Å². The number of methoxy groups -OCH3 is 1. The maximum Gasteiger partial charge on any atom is 0.401 e. The average molecular weight is 438 g/mol. The minimum Gasteiger partial charge on any atom is -0.385 e. The zero-order valence-corrected chi connectivity index (χ0v) is 15.4. The minimum absolute atomic E-state index is 0. The van der Waals surface area contributed by atoms with E-state index in [1.54, 1.807) is 7.11 Å². The second kappa shape index (κ2) is 11.3. The second-order valence-corrected chi connectivity index (χ2v) is 5.09. The average Bonchev–Trinajstić information content (AvgIpc) is 2.79. The van der Waals surface area contributed by atoms with Gasteiger partial charge in [-0.1, -0.05) is 0 Å². The summed E-state index contributed by atoms with van der Waals surface area (Å²) in [5, 5.41) is 6.31. The number of nitrogens with one attached hydrogen (secondary N) is 2. The van der Waals surface area contributed by atoms with Crippen LogP contribution in [0, 0.1) is 0 Å². The molecule has 5 nitrogen and oxygen atoms in total. The second-order valence-electron chi connectivity index (χ2n) is 5.09. The maximum atomic E-state index is 12.3. The van der Waals surface area contributed by atoms with E-state index in [2.05, 4.69) is 15.6 Å². The van der Waals surface area contributed by atoms with Crippen molar-refractivity contribution in [2.24, 2.45) is 4.99 Å². The standard InChI is InChI=1S/C13H25F3N4O.HI/c1-3-17-12(18-6-4-8-21-2)19-11-5-7-20(9-11)10-13(14,15)16;/h11H,3-10H2,1-2H3,(H2,17,18,19);1H. The highest BCUT2D eigenvalue weighted by molar-refractivity contribution is 14.0. The fraction of sp³-hybridized carbons (Fsp3) is 0.923. The monoisotopic (exact) mass is 438 g/mol. The van der Waals surface area contributed by atoms with E-state index in [1.165, 1.54) is 4.90 Å². The van der Waals surface area contributed by atoms with Gasteiger partial charge in [0.1, 0.15) is 0 Å². The number of halogens is 4. The van der Waals surface area contributed by atoms with Gasteiger partial charge in [-0.05, 0) is 19.8 Å². The molecule has 1 rings (SSSR count). The molecule has 0 aromatic heterocycles. The van der Waals surface area contributed by atoms with Crippen molar-refractivity contribution in [1.29, 1.82) is 0 Å². The molecule has 0 radical (unpaired) electrons. The summed E-state index contributed by atoms with van der Waals surface area (Å²) in [6.07, 6.45) is -2.62. The molecule has 132 valence electrons. The summed E-state index contributed by atoms with van der Waals surface area (Å²) >= 11 is 0. The molecule has 1 heterocycles. The molecule has 0 amide bonds. The highest BCUT2D eigenvalue weighted by Crippen LogP contribution is 2.19. The lowest BCUT2D eigenvalue weighted by molar-refractivity contribution is -0.143. The molecule has 0 bridgehead atoms. The minimum atomic E-state index is -4.13. The van der Waals surface area contributed by atoms with Crippen molar-refractivity contribution in [3.63, 3.8) is 0 Å². The Balaban J connectivity index is 0.00000441. The first-order valence-corrected chi connectivity index (χ1v) is 7.27. The van der Waals surface area contributed by atoms with Gasteiger partial charge < -0.3 is 15.4 Å². The van der Waals surface area contributed by atoms with Gasteiger partial charge in [-0.3, -0.25) is 9.89 Å². The van der Waals surface area contributed by atoms with E-state index < -0.39 is 12.7 Å². The summed E-state index contributed by atoms with van der Waals surface area (Å²) in [5.74, 6) is 0.660. The molecule has 0 aliphatic carbocycles. The lowest BCUT2D eigenvalue weighted by Crippen LogP contribution is -2.45. The van der Waals surface area contributed by atoms with Gasteiger partial charge in [0.05, 0.1) is 6.54 Å². The van der Waals surface area contributed by atoms with Crippen molar-refractivity contribution in [3.05, 3.63) is 0 Å². The Morgan fingerprint density at radius 1 is 1.41 bits per heavy atom. The quantitative estimate of drug-likeness (QED) is 0.276. The summed E-state index contributed by atoms with van der Waals surface area (Å²) in [5.41, 5.74) is 0. The first-order valence-electron chi connectivity index (χ1n) is 7.27. The van der Waals surface area contributed by atoms with E-state index in [0.717, 1.165) is 13.0 Å². The Hall–Kier alpha value is -0.290. The molecule has 0 saturated carbocycles. The molecule has 1 unspecified atom stereocenters. The van der Waals surface area contributed by atoms with Crippen LogP contribution in [0.2, 0.25) is 0 Å². The molecule has 0 spiro atoms.